The first kappa shape index (κ1) is 12.7. The minimum absolute atomic E-state index is 0.167. The van der Waals surface area contributed by atoms with Gasteiger partial charge in [0.05, 0.1) is 0 Å². The summed E-state index contributed by atoms with van der Waals surface area (Å²) in [5.41, 5.74) is 1.99. The molecule has 3 rings (SSSR count). The number of Topliss-reactive ketones (excluding diaryl/α,β-unsaturated/α-hetero) is 1. The standard InChI is InChI=1S/C16H22N2O/c1-13(19)15-6-2-3-7-16(15)18-11-8-14(12-18)17-9-4-5-10-17/h2-3,6-7,14H,4-5,8-12H2,1H3. The second-order valence-electron chi connectivity index (χ2n) is 5.70. The van der Waals surface area contributed by atoms with Gasteiger partial charge >= 0.3 is 0 Å². The highest BCUT2D eigenvalue weighted by Gasteiger charge is 2.30. The van der Waals surface area contributed by atoms with E-state index >= 15 is 0 Å². The van der Waals surface area contributed by atoms with Crippen LogP contribution in [0.4, 0.5) is 5.69 Å². The van der Waals surface area contributed by atoms with Crippen LogP contribution in [-0.4, -0.2) is 42.9 Å². The number of para-hydroxylation sites is 1. The highest BCUT2D eigenvalue weighted by Crippen LogP contribution is 2.28. The minimum Gasteiger partial charge on any atom is -0.369 e. The van der Waals surface area contributed by atoms with Crippen molar-refractivity contribution >= 4 is 11.5 Å². The predicted octanol–water partition coefficient (Wildman–Crippen LogP) is 2.56. The summed E-state index contributed by atoms with van der Waals surface area (Å²) < 4.78 is 0. The second kappa shape index (κ2) is 5.33. The quantitative estimate of drug-likeness (QED) is 0.779. The molecule has 0 amide bonds. The summed E-state index contributed by atoms with van der Waals surface area (Å²) in [5.74, 6) is 0.167. The van der Waals surface area contributed by atoms with Crippen LogP contribution < -0.4 is 4.90 Å². The number of carbonyl (C=O) groups excluding carboxylic acids is 1. The van der Waals surface area contributed by atoms with Crippen molar-refractivity contribution in [1.82, 2.24) is 4.90 Å². The molecule has 3 heteroatoms. The zero-order valence-electron chi connectivity index (χ0n) is 11.6. The van der Waals surface area contributed by atoms with Crippen molar-refractivity contribution in [3.8, 4) is 0 Å². The Morgan fingerprint density at radius 2 is 1.89 bits per heavy atom. The van der Waals surface area contributed by atoms with E-state index in [2.05, 4.69) is 15.9 Å². The van der Waals surface area contributed by atoms with Gasteiger partial charge in [-0.3, -0.25) is 9.69 Å². The number of likely N-dealkylation sites (tertiary alicyclic amines) is 1. The van der Waals surface area contributed by atoms with Crippen molar-refractivity contribution in [2.75, 3.05) is 31.1 Å². The lowest BCUT2D eigenvalue weighted by Gasteiger charge is -2.25. The molecule has 19 heavy (non-hydrogen) atoms. The van der Waals surface area contributed by atoms with E-state index in [1.54, 1.807) is 6.92 Å². The third-order valence-corrected chi connectivity index (χ3v) is 4.44. The lowest BCUT2D eigenvalue weighted by Crippen LogP contribution is -2.35. The lowest BCUT2D eigenvalue weighted by atomic mass is 10.1. The number of benzene rings is 1. The topological polar surface area (TPSA) is 23.6 Å². The van der Waals surface area contributed by atoms with Crippen LogP contribution in [0.1, 0.15) is 36.5 Å². The number of carbonyl (C=O) groups is 1. The van der Waals surface area contributed by atoms with E-state index in [-0.39, 0.29) is 5.78 Å². The van der Waals surface area contributed by atoms with Gasteiger partial charge in [0, 0.05) is 30.4 Å². The number of ketones is 1. The highest BCUT2D eigenvalue weighted by atomic mass is 16.1. The fraction of sp³-hybridized carbons (Fsp3) is 0.562. The van der Waals surface area contributed by atoms with Crippen LogP contribution in [0.5, 0.6) is 0 Å². The molecule has 2 aliphatic rings. The van der Waals surface area contributed by atoms with Crippen molar-refractivity contribution in [3.05, 3.63) is 29.8 Å². The summed E-state index contributed by atoms with van der Waals surface area (Å²) in [6, 6.07) is 8.70. The monoisotopic (exact) mass is 258 g/mol. The zero-order chi connectivity index (χ0) is 13.2. The summed E-state index contributed by atoms with van der Waals surface area (Å²) >= 11 is 0. The van der Waals surface area contributed by atoms with Crippen molar-refractivity contribution in [2.45, 2.75) is 32.2 Å². The van der Waals surface area contributed by atoms with Crippen molar-refractivity contribution in [3.63, 3.8) is 0 Å². The molecule has 102 valence electrons. The maximum absolute atomic E-state index is 11.7. The van der Waals surface area contributed by atoms with Crippen LogP contribution in [0.2, 0.25) is 0 Å². The highest BCUT2D eigenvalue weighted by molar-refractivity contribution is 5.99. The van der Waals surface area contributed by atoms with Gasteiger partial charge in [0.1, 0.15) is 0 Å². The van der Waals surface area contributed by atoms with Crippen LogP contribution in [0, 0.1) is 0 Å². The van der Waals surface area contributed by atoms with E-state index in [1.807, 2.05) is 18.2 Å². The Balaban J connectivity index is 1.75. The molecule has 0 spiro atoms. The van der Waals surface area contributed by atoms with E-state index in [9.17, 15) is 4.79 Å². The van der Waals surface area contributed by atoms with Gasteiger partial charge in [0.25, 0.3) is 0 Å². The summed E-state index contributed by atoms with van der Waals surface area (Å²) in [6.45, 7) is 6.32. The molecule has 2 fully saturated rings. The Morgan fingerprint density at radius 1 is 1.16 bits per heavy atom. The van der Waals surface area contributed by atoms with Crippen LogP contribution in [0.15, 0.2) is 24.3 Å². The fourth-order valence-corrected chi connectivity index (χ4v) is 3.41. The molecule has 1 unspecified atom stereocenters. The molecule has 2 aliphatic heterocycles. The van der Waals surface area contributed by atoms with E-state index in [1.165, 1.54) is 32.4 Å². The van der Waals surface area contributed by atoms with E-state index in [4.69, 9.17) is 0 Å². The molecular weight excluding hydrogens is 236 g/mol. The predicted molar refractivity (Wildman–Crippen MR) is 77.9 cm³/mol. The Hall–Kier alpha value is -1.35. The maximum Gasteiger partial charge on any atom is 0.161 e. The van der Waals surface area contributed by atoms with Crippen LogP contribution >= 0.6 is 0 Å². The van der Waals surface area contributed by atoms with Gasteiger partial charge in [-0.25, -0.2) is 0 Å². The van der Waals surface area contributed by atoms with Gasteiger partial charge in [-0.1, -0.05) is 12.1 Å². The van der Waals surface area contributed by atoms with Crippen LogP contribution in [0.25, 0.3) is 0 Å². The molecule has 2 heterocycles. The third-order valence-electron chi connectivity index (χ3n) is 4.44. The summed E-state index contributed by atoms with van der Waals surface area (Å²) in [6.07, 6.45) is 3.92. The molecule has 0 N–H and O–H groups in total. The zero-order valence-corrected chi connectivity index (χ0v) is 11.6. The van der Waals surface area contributed by atoms with Crippen molar-refractivity contribution in [1.29, 1.82) is 0 Å². The summed E-state index contributed by atoms with van der Waals surface area (Å²) in [5, 5.41) is 0. The maximum atomic E-state index is 11.7. The lowest BCUT2D eigenvalue weighted by molar-refractivity contribution is 0.101. The van der Waals surface area contributed by atoms with Gasteiger partial charge in [0.2, 0.25) is 0 Å². The average Bonchev–Trinajstić information content (AvgIpc) is 3.09. The van der Waals surface area contributed by atoms with Gasteiger partial charge in [0.15, 0.2) is 5.78 Å². The number of hydrogen-bond donors (Lipinski definition) is 0. The molecule has 1 aromatic rings. The Kier molecular flexibility index (Phi) is 3.56. The number of hydrogen-bond acceptors (Lipinski definition) is 3. The van der Waals surface area contributed by atoms with Gasteiger partial charge in [-0.2, -0.15) is 0 Å². The van der Waals surface area contributed by atoms with Gasteiger partial charge in [-0.15, -0.1) is 0 Å². The largest absolute Gasteiger partial charge is 0.369 e. The Bertz CT molecular complexity index is 466. The van der Waals surface area contributed by atoms with E-state index in [0.717, 1.165) is 24.3 Å². The smallest absolute Gasteiger partial charge is 0.161 e. The number of rotatable bonds is 3. The van der Waals surface area contributed by atoms with E-state index in [0.29, 0.717) is 6.04 Å². The molecule has 0 aliphatic carbocycles. The summed E-state index contributed by atoms with van der Waals surface area (Å²) in [7, 11) is 0. The SMILES string of the molecule is CC(=O)c1ccccc1N1CCC(N2CCCC2)C1. The second-order valence-corrected chi connectivity index (χ2v) is 5.70. The molecule has 3 nitrogen and oxygen atoms in total. The number of nitrogens with zero attached hydrogens (tertiary/aromatic N) is 2. The van der Waals surface area contributed by atoms with Crippen LogP contribution in [-0.2, 0) is 0 Å². The third kappa shape index (κ3) is 2.52. The molecule has 0 aromatic heterocycles. The molecule has 0 radical (unpaired) electrons. The van der Waals surface area contributed by atoms with Crippen molar-refractivity contribution < 1.29 is 4.79 Å². The Morgan fingerprint density at radius 3 is 2.63 bits per heavy atom. The van der Waals surface area contributed by atoms with E-state index < -0.39 is 0 Å². The average molecular weight is 258 g/mol. The molecule has 1 aromatic carbocycles. The minimum atomic E-state index is 0.167. The first-order valence-corrected chi connectivity index (χ1v) is 7.34. The van der Waals surface area contributed by atoms with Crippen molar-refractivity contribution in [2.24, 2.45) is 0 Å². The Labute approximate surface area is 115 Å². The molecular formula is C16H22N2O. The first-order chi connectivity index (χ1) is 9.25. The molecule has 1 atom stereocenters. The summed E-state index contributed by atoms with van der Waals surface area (Å²) in [4.78, 5) is 16.7. The first-order valence-electron chi connectivity index (χ1n) is 7.34. The van der Waals surface area contributed by atoms with Gasteiger partial charge in [-0.05, 0) is 51.4 Å². The normalized spacial score (nSPS) is 24.1. The van der Waals surface area contributed by atoms with Gasteiger partial charge < -0.3 is 4.90 Å². The molecule has 2 saturated heterocycles. The fourth-order valence-electron chi connectivity index (χ4n) is 3.41. The molecule has 0 saturated carbocycles. The molecule has 0 bridgehead atoms. The number of anilines is 1. The van der Waals surface area contributed by atoms with Crippen LogP contribution in [0.3, 0.4) is 0 Å².